The van der Waals surface area contributed by atoms with Crippen LogP contribution in [0.25, 0.3) is 0 Å². The van der Waals surface area contributed by atoms with Crippen LogP contribution in [0.5, 0.6) is 0 Å². The summed E-state index contributed by atoms with van der Waals surface area (Å²) in [5.74, 6) is -0.0830. The zero-order chi connectivity index (χ0) is 10.6. The van der Waals surface area contributed by atoms with Gasteiger partial charge < -0.3 is 4.74 Å². The first-order chi connectivity index (χ1) is 6.63. The number of carbonyl (C=O) groups is 1. The second kappa shape index (κ2) is 5.35. The molecule has 0 amide bonds. The van der Waals surface area contributed by atoms with E-state index in [1.807, 2.05) is 13.8 Å². The maximum Gasteiger partial charge on any atom is 0.320 e. The van der Waals surface area contributed by atoms with Crippen LogP contribution in [-0.2, 0) is 9.53 Å². The molecule has 0 radical (unpaired) electrons. The number of esters is 1. The van der Waals surface area contributed by atoms with Gasteiger partial charge in [0.05, 0.1) is 12.6 Å². The average molecular weight is 199 g/mol. The Labute approximate surface area is 86.4 Å². The first-order valence-corrected chi connectivity index (χ1v) is 5.57. The number of nitrogens with zero attached hydrogens (tertiary/aromatic N) is 1. The molecule has 0 aromatic rings. The third-order valence-corrected chi connectivity index (χ3v) is 2.67. The number of carbonyl (C=O) groups excluding carboxylic acids is 1. The summed E-state index contributed by atoms with van der Waals surface area (Å²) in [6, 6.07) is 0.592. The third kappa shape index (κ3) is 3.29. The van der Waals surface area contributed by atoms with Crippen molar-refractivity contribution in [2.45, 2.75) is 52.2 Å². The predicted molar refractivity (Wildman–Crippen MR) is 56.1 cm³/mol. The fourth-order valence-corrected chi connectivity index (χ4v) is 2.03. The molecule has 0 bridgehead atoms. The van der Waals surface area contributed by atoms with Crippen LogP contribution in [0.3, 0.4) is 0 Å². The molecule has 0 aromatic carbocycles. The molecule has 0 N–H and O–H groups in total. The fourth-order valence-electron chi connectivity index (χ4n) is 2.03. The van der Waals surface area contributed by atoms with Crippen LogP contribution in [-0.4, -0.2) is 36.1 Å². The Hall–Kier alpha value is -0.570. The van der Waals surface area contributed by atoms with Gasteiger partial charge in [0.1, 0.15) is 0 Å². The molecule has 1 rings (SSSR count). The van der Waals surface area contributed by atoms with Gasteiger partial charge in [-0.1, -0.05) is 6.92 Å². The zero-order valence-corrected chi connectivity index (χ0v) is 9.45. The van der Waals surface area contributed by atoms with Gasteiger partial charge in [0.25, 0.3) is 0 Å². The number of hydrogen-bond donors (Lipinski definition) is 0. The van der Waals surface area contributed by atoms with E-state index in [0.717, 1.165) is 13.0 Å². The number of hydrogen-bond acceptors (Lipinski definition) is 3. The Kier molecular flexibility index (Phi) is 4.39. The summed E-state index contributed by atoms with van der Waals surface area (Å²) in [5.41, 5.74) is 0. The lowest BCUT2D eigenvalue weighted by Crippen LogP contribution is -2.35. The fraction of sp³-hybridized carbons (Fsp3) is 0.909. The maximum absolute atomic E-state index is 11.4. The van der Waals surface area contributed by atoms with E-state index in [1.165, 1.54) is 12.8 Å². The van der Waals surface area contributed by atoms with Crippen molar-refractivity contribution in [1.82, 2.24) is 4.90 Å². The van der Waals surface area contributed by atoms with Crippen LogP contribution in [0, 0.1) is 0 Å². The molecule has 0 spiro atoms. The number of likely N-dealkylation sites (tertiary alicyclic amines) is 1. The summed E-state index contributed by atoms with van der Waals surface area (Å²) < 4.78 is 5.12. The summed E-state index contributed by atoms with van der Waals surface area (Å²) >= 11 is 0. The first-order valence-electron chi connectivity index (χ1n) is 5.57. The normalized spacial score (nSPS) is 23.0. The van der Waals surface area contributed by atoms with E-state index in [1.54, 1.807) is 0 Å². The van der Waals surface area contributed by atoms with Crippen LogP contribution >= 0.6 is 0 Å². The quantitative estimate of drug-likeness (QED) is 0.647. The molecule has 1 unspecified atom stereocenters. The van der Waals surface area contributed by atoms with Crippen molar-refractivity contribution in [3.8, 4) is 0 Å². The highest BCUT2D eigenvalue weighted by atomic mass is 16.5. The molecule has 1 atom stereocenters. The minimum absolute atomic E-state index is 0.00480. The summed E-state index contributed by atoms with van der Waals surface area (Å²) in [6.07, 6.45) is 3.58. The summed E-state index contributed by atoms with van der Waals surface area (Å²) in [5, 5.41) is 0. The Bertz CT molecular complexity index is 192. The van der Waals surface area contributed by atoms with Gasteiger partial charge in [0.15, 0.2) is 0 Å². The van der Waals surface area contributed by atoms with E-state index >= 15 is 0 Å². The highest BCUT2D eigenvalue weighted by Gasteiger charge is 2.25. The van der Waals surface area contributed by atoms with Crippen LogP contribution in [0.15, 0.2) is 0 Å². The van der Waals surface area contributed by atoms with Crippen molar-refractivity contribution in [2.24, 2.45) is 0 Å². The number of rotatable bonds is 4. The van der Waals surface area contributed by atoms with Crippen molar-refractivity contribution in [3.05, 3.63) is 0 Å². The smallest absolute Gasteiger partial charge is 0.320 e. The molecule has 3 nitrogen and oxygen atoms in total. The Morgan fingerprint density at radius 1 is 1.57 bits per heavy atom. The average Bonchev–Trinajstić information content (AvgIpc) is 2.50. The topological polar surface area (TPSA) is 29.5 Å². The zero-order valence-electron chi connectivity index (χ0n) is 9.45. The summed E-state index contributed by atoms with van der Waals surface area (Å²) in [6.45, 7) is 7.47. The second-order valence-electron chi connectivity index (χ2n) is 4.21. The molecule has 0 aliphatic carbocycles. The van der Waals surface area contributed by atoms with Crippen LogP contribution in [0.4, 0.5) is 0 Å². The van der Waals surface area contributed by atoms with Gasteiger partial charge in [-0.2, -0.15) is 0 Å². The van der Waals surface area contributed by atoms with Gasteiger partial charge >= 0.3 is 5.97 Å². The minimum Gasteiger partial charge on any atom is -0.462 e. The van der Waals surface area contributed by atoms with Gasteiger partial charge in [0.2, 0.25) is 0 Å². The second-order valence-corrected chi connectivity index (χ2v) is 4.21. The summed E-state index contributed by atoms with van der Waals surface area (Å²) in [7, 11) is 0. The minimum atomic E-state index is -0.0830. The van der Waals surface area contributed by atoms with Gasteiger partial charge in [0, 0.05) is 6.04 Å². The van der Waals surface area contributed by atoms with E-state index < -0.39 is 0 Å². The van der Waals surface area contributed by atoms with Gasteiger partial charge in [-0.15, -0.1) is 0 Å². The Balaban J connectivity index is 2.32. The largest absolute Gasteiger partial charge is 0.462 e. The van der Waals surface area contributed by atoms with Crippen molar-refractivity contribution in [3.63, 3.8) is 0 Å². The van der Waals surface area contributed by atoms with E-state index in [0.29, 0.717) is 12.6 Å². The molecule has 1 heterocycles. The molecule has 14 heavy (non-hydrogen) atoms. The lowest BCUT2D eigenvalue weighted by molar-refractivity contribution is -0.148. The SMILES string of the molecule is CCC1CCCN1CC(=O)OC(C)C. The number of ether oxygens (including phenoxy) is 1. The molecule has 0 aromatic heterocycles. The van der Waals surface area contributed by atoms with Crippen molar-refractivity contribution in [2.75, 3.05) is 13.1 Å². The van der Waals surface area contributed by atoms with Crippen LogP contribution < -0.4 is 0 Å². The molecular weight excluding hydrogens is 178 g/mol. The molecule has 3 heteroatoms. The van der Waals surface area contributed by atoms with E-state index in [4.69, 9.17) is 4.74 Å². The lowest BCUT2D eigenvalue weighted by Gasteiger charge is -2.22. The Morgan fingerprint density at radius 2 is 2.29 bits per heavy atom. The lowest BCUT2D eigenvalue weighted by atomic mass is 10.2. The highest BCUT2D eigenvalue weighted by molar-refractivity contribution is 5.71. The van der Waals surface area contributed by atoms with Gasteiger partial charge in [-0.05, 0) is 39.7 Å². The van der Waals surface area contributed by atoms with E-state index in [-0.39, 0.29) is 12.1 Å². The first kappa shape index (κ1) is 11.5. The molecular formula is C11H21NO2. The van der Waals surface area contributed by atoms with Gasteiger partial charge in [-0.3, -0.25) is 9.69 Å². The molecule has 1 aliphatic rings. The third-order valence-electron chi connectivity index (χ3n) is 2.67. The van der Waals surface area contributed by atoms with E-state index in [2.05, 4.69) is 11.8 Å². The van der Waals surface area contributed by atoms with Crippen LogP contribution in [0.1, 0.15) is 40.0 Å². The molecule has 0 saturated carbocycles. The monoisotopic (exact) mass is 199 g/mol. The van der Waals surface area contributed by atoms with Crippen molar-refractivity contribution < 1.29 is 9.53 Å². The van der Waals surface area contributed by atoms with Crippen LogP contribution in [0.2, 0.25) is 0 Å². The van der Waals surface area contributed by atoms with E-state index in [9.17, 15) is 4.79 Å². The maximum atomic E-state index is 11.4. The molecule has 82 valence electrons. The van der Waals surface area contributed by atoms with Crippen molar-refractivity contribution in [1.29, 1.82) is 0 Å². The predicted octanol–water partition coefficient (Wildman–Crippen LogP) is 1.81. The molecule has 1 saturated heterocycles. The standard InChI is InChI=1S/C11H21NO2/c1-4-10-6-5-7-12(10)8-11(13)14-9(2)3/h9-10H,4-8H2,1-3H3. The summed E-state index contributed by atoms with van der Waals surface area (Å²) in [4.78, 5) is 13.6. The van der Waals surface area contributed by atoms with Gasteiger partial charge in [-0.25, -0.2) is 0 Å². The Morgan fingerprint density at radius 3 is 2.86 bits per heavy atom. The highest BCUT2D eigenvalue weighted by Crippen LogP contribution is 2.19. The molecule has 1 fully saturated rings. The molecule has 1 aliphatic heterocycles. The van der Waals surface area contributed by atoms with Crippen molar-refractivity contribution >= 4 is 5.97 Å².